The zero-order chi connectivity index (χ0) is 13.0. The molecule has 3 N–H and O–H groups in total. The summed E-state index contributed by atoms with van der Waals surface area (Å²) in [6, 6.07) is 0.567. The molecular weight excluding hydrogens is 234 g/mol. The van der Waals surface area contributed by atoms with E-state index >= 15 is 0 Å². The average molecular weight is 253 g/mol. The van der Waals surface area contributed by atoms with Crippen LogP contribution in [0.25, 0.3) is 0 Å². The fourth-order valence-corrected chi connectivity index (χ4v) is 2.21. The summed E-state index contributed by atoms with van der Waals surface area (Å²) in [5.74, 6) is 0.757. The number of carbonyl (C=O) groups is 1. The van der Waals surface area contributed by atoms with Gasteiger partial charge in [0.25, 0.3) is 0 Å². The Morgan fingerprint density at radius 1 is 1.50 bits per heavy atom. The van der Waals surface area contributed by atoms with Gasteiger partial charge < -0.3 is 20.4 Å². The molecule has 100 valence electrons. The largest absolute Gasteiger partial charge is 0.407 e. The number of piperidine rings is 1. The van der Waals surface area contributed by atoms with E-state index < -0.39 is 0 Å². The van der Waals surface area contributed by atoms with Gasteiger partial charge in [-0.2, -0.15) is 0 Å². The zero-order valence-corrected chi connectivity index (χ0v) is 10.6. The van der Waals surface area contributed by atoms with Crippen LogP contribution in [0.2, 0.25) is 0 Å². The predicted octanol–water partition coefficient (Wildman–Crippen LogP) is -0.119. The van der Waals surface area contributed by atoms with E-state index in [0.29, 0.717) is 30.8 Å². The molecule has 0 saturated carbocycles. The van der Waals surface area contributed by atoms with Crippen LogP contribution in [0.3, 0.4) is 0 Å². The molecule has 0 aliphatic carbocycles. The van der Waals surface area contributed by atoms with E-state index in [1.807, 2.05) is 7.05 Å². The number of carbonyl (C=O) groups excluding carboxylic acids is 1. The van der Waals surface area contributed by atoms with E-state index in [1.165, 1.54) is 0 Å². The summed E-state index contributed by atoms with van der Waals surface area (Å²) in [5.41, 5.74) is 5.21. The van der Waals surface area contributed by atoms with Gasteiger partial charge in [-0.05, 0) is 25.8 Å². The highest BCUT2D eigenvalue weighted by atomic mass is 16.4. The molecule has 1 aromatic rings. The van der Waals surface area contributed by atoms with Gasteiger partial charge in [-0.25, -0.2) is 0 Å². The minimum Gasteiger partial charge on any atom is -0.407 e. The van der Waals surface area contributed by atoms with Crippen LogP contribution < -0.4 is 16.0 Å². The lowest BCUT2D eigenvalue weighted by molar-refractivity contribution is -0.119. The van der Waals surface area contributed by atoms with Crippen molar-refractivity contribution in [2.75, 3.05) is 25.0 Å². The molecule has 1 saturated heterocycles. The summed E-state index contributed by atoms with van der Waals surface area (Å²) < 4.78 is 5.53. The molecule has 0 aromatic carbocycles. The number of rotatable bonds is 5. The molecule has 1 aliphatic rings. The number of aromatic nitrogens is 2. The maximum absolute atomic E-state index is 10.9. The van der Waals surface area contributed by atoms with Crippen molar-refractivity contribution >= 4 is 11.9 Å². The monoisotopic (exact) mass is 253 g/mol. The van der Waals surface area contributed by atoms with E-state index in [1.54, 1.807) is 0 Å². The third-order valence-electron chi connectivity index (χ3n) is 3.16. The smallest absolute Gasteiger partial charge is 0.318 e. The van der Waals surface area contributed by atoms with Crippen LogP contribution in [-0.4, -0.2) is 36.2 Å². The van der Waals surface area contributed by atoms with E-state index in [0.717, 1.165) is 25.9 Å². The molecular formula is C11H19N5O2. The first-order valence-electron chi connectivity index (χ1n) is 6.19. The van der Waals surface area contributed by atoms with Gasteiger partial charge in [-0.3, -0.25) is 4.79 Å². The first-order valence-corrected chi connectivity index (χ1v) is 6.19. The second kappa shape index (κ2) is 5.81. The summed E-state index contributed by atoms with van der Waals surface area (Å²) in [4.78, 5) is 12.9. The number of hydrogen-bond donors (Lipinski definition) is 2. The van der Waals surface area contributed by atoms with E-state index in [4.69, 9.17) is 10.2 Å². The van der Waals surface area contributed by atoms with Crippen LogP contribution in [0.5, 0.6) is 0 Å². The normalized spacial score (nSPS) is 17.1. The Bertz CT molecular complexity index is 398. The number of anilines is 1. The van der Waals surface area contributed by atoms with Gasteiger partial charge in [0.1, 0.15) is 0 Å². The summed E-state index contributed by atoms with van der Waals surface area (Å²) in [6.07, 6.45) is 2.35. The number of nitrogens with one attached hydrogen (secondary N) is 1. The molecule has 0 atom stereocenters. The number of amides is 1. The van der Waals surface area contributed by atoms with E-state index in [2.05, 4.69) is 20.4 Å². The van der Waals surface area contributed by atoms with E-state index in [-0.39, 0.29) is 5.91 Å². The Hall–Kier alpha value is -1.63. The van der Waals surface area contributed by atoms with Crippen LogP contribution >= 0.6 is 0 Å². The highest BCUT2D eigenvalue weighted by Gasteiger charge is 2.23. The number of primary amides is 1. The fourth-order valence-electron chi connectivity index (χ4n) is 2.21. The van der Waals surface area contributed by atoms with Crippen LogP contribution in [0.15, 0.2) is 4.42 Å². The Labute approximate surface area is 106 Å². The molecule has 0 spiro atoms. The van der Waals surface area contributed by atoms with Gasteiger partial charge >= 0.3 is 6.01 Å². The Morgan fingerprint density at radius 2 is 2.22 bits per heavy atom. The van der Waals surface area contributed by atoms with Crippen LogP contribution in [-0.2, 0) is 11.3 Å². The minimum absolute atomic E-state index is 0.220. The third kappa shape index (κ3) is 3.19. The van der Waals surface area contributed by atoms with Crippen LogP contribution in [0.1, 0.15) is 25.2 Å². The van der Waals surface area contributed by atoms with Crippen molar-refractivity contribution < 1.29 is 9.21 Å². The van der Waals surface area contributed by atoms with Gasteiger partial charge in [-0.15, -0.1) is 5.10 Å². The Morgan fingerprint density at radius 3 is 2.83 bits per heavy atom. The third-order valence-corrected chi connectivity index (χ3v) is 3.16. The minimum atomic E-state index is -0.220. The lowest BCUT2D eigenvalue weighted by Gasteiger charge is -2.29. The lowest BCUT2D eigenvalue weighted by Crippen LogP contribution is -2.35. The molecule has 2 heterocycles. The SMILES string of the molecule is CNCc1nnc(N2CCC(CC(N)=O)CC2)o1. The summed E-state index contributed by atoms with van der Waals surface area (Å²) in [7, 11) is 1.83. The quantitative estimate of drug-likeness (QED) is 0.759. The molecule has 0 unspecified atom stereocenters. The second-order valence-corrected chi connectivity index (χ2v) is 4.61. The summed E-state index contributed by atoms with van der Waals surface area (Å²) in [6.45, 7) is 2.24. The number of nitrogens with two attached hydrogens (primary N) is 1. The van der Waals surface area contributed by atoms with Gasteiger partial charge in [0.15, 0.2) is 0 Å². The fraction of sp³-hybridized carbons (Fsp3) is 0.727. The number of nitrogens with zero attached hydrogens (tertiary/aromatic N) is 3. The van der Waals surface area contributed by atoms with Crippen molar-refractivity contribution in [3.63, 3.8) is 0 Å². The molecule has 7 nitrogen and oxygen atoms in total. The second-order valence-electron chi connectivity index (χ2n) is 4.61. The van der Waals surface area contributed by atoms with Crippen molar-refractivity contribution in [1.29, 1.82) is 0 Å². The van der Waals surface area contributed by atoms with Crippen molar-refractivity contribution in [3.05, 3.63) is 5.89 Å². The molecule has 7 heteroatoms. The topological polar surface area (TPSA) is 97.3 Å². The van der Waals surface area contributed by atoms with Crippen LogP contribution in [0, 0.1) is 5.92 Å². The number of hydrogen-bond acceptors (Lipinski definition) is 6. The predicted molar refractivity (Wildman–Crippen MR) is 65.8 cm³/mol. The highest BCUT2D eigenvalue weighted by Crippen LogP contribution is 2.24. The Kier molecular flexibility index (Phi) is 4.14. The maximum atomic E-state index is 10.9. The first kappa shape index (κ1) is 12.8. The molecule has 0 radical (unpaired) electrons. The molecule has 1 aromatic heterocycles. The highest BCUT2D eigenvalue weighted by molar-refractivity contribution is 5.74. The summed E-state index contributed by atoms with van der Waals surface area (Å²) in [5, 5.41) is 10.9. The van der Waals surface area contributed by atoms with Crippen molar-refractivity contribution in [2.45, 2.75) is 25.8 Å². The maximum Gasteiger partial charge on any atom is 0.318 e. The molecule has 1 fully saturated rings. The van der Waals surface area contributed by atoms with Gasteiger partial charge in [0.2, 0.25) is 11.8 Å². The molecule has 18 heavy (non-hydrogen) atoms. The molecule has 2 rings (SSSR count). The van der Waals surface area contributed by atoms with E-state index in [9.17, 15) is 4.79 Å². The van der Waals surface area contributed by atoms with Crippen molar-refractivity contribution in [3.8, 4) is 0 Å². The standard InChI is InChI=1S/C11H19N5O2/c1-13-7-10-14-15-11(18-10)16-4-2-8(3-5-16)6-9(12)17/h8,13H,2-7H2,1H3,(H2,12,17). The first-order chi connectivity index (χ1) is 8.69. The molecule has 1 aliphatic heterocycles. The van der Waals surface area contributed by atoms with Crippen LogP contribution in [0.4, 0.5) is 6.01 Å². The zero-order valence-electron chi connectivity index (χ0n) is 10.6. The van der Waals surface area contributed by atoms with Crippen molar-refractivity contribution in [2.24, 2.45) is 11.7 Å². The summed E-state index contributed by atoms with van der Waals surface area (Å²) >= 11 is 0. The van der Waals surface area contributed by atoms with Gasteiger partial charge in [0.05, 0.1) is 6.54 Å². The van der Waals surface area contributed by atoms with Crippen molar-refractivity contribution in [1.82, 2.24) is 15.5 Å². The molecule has 1 amide bonds. The van der Waals surface area contributed by atoms with Gasteiger partial charge in [-0.1, -0.05) is 5.10 Å². The average Bonchev–Trinajstić information content (AvgIpc) is 2.78. The Balaban J connectivity index is 1.86. The molecule has 0 bridgehead atoms. The lowest BCUT2D eigenvalue weighted by atomic mass is 9.93. The van der Waals surface area contributed by atoms with Gasteiger partial charge in [0, 0.05) is 19.5 Å².